The van der Waals surface area contributed by atoms with Gasteiger partial charge in [0.2, 0.25) is 0 Å². The molecule has 1 unspecified atom stereocenters. The van der Waals surface area contributed by atoms with E-state index in [-0.39, 0.29) is 47.3 Å². The van der Waals surface area contributed by atoms with E-state index in [0.717, 1.165) is 73.6 Å². The highest BCUT2D eigenvalue weighted by atomic mass is 35.5. The number of ether oxygens (including phenoxy) is 6. The minimum atomic E-state index is -1.72. The number of aromatic nitrogens is 1. The van der Waals surface area contributed by atoms with Crippen LogP contribution >= 0.6 is 22.9 Å². The van der Waals surface area contributed by atoms with E-state index in [2.05, 4.69) is 20.8 Å². The first-order chi connectivity index (χ1) is 37.6. The molecule has 0 spiro atoms. The third kappa shape index (κ3) is 12.5. The molecule has 18 nitrogen and oxygen atoms in total. The summed E-state index contributed by atoms with van der Waals surface area (Å²) < 4.78 is 49.7. The van der Waals surface area contributed by atoms with Crippen LogP contribution in [0.5, 0.6) is 28.7 Å². The molecule has 5 aromatic rings. The molecule has 1 aromatic heterocycles. The van der Waals surface area contributed by atoms with Crippen LogP contribution in [0.25, 0.3) is 0 Å². The topological polar surface area (TPSA) is 203 Å². The summed E-state index contributed by atoms with van der Waals surface area (Å²) >= 11 is 8.46. The van der Waals surface area contributed by atoms with Crippen molar-refractivity contribution in [3.8, 4) is 28.7 Å². The predicted molar refractivity (Wildman–Crippen MR) is 294 cm³/mol. The number of hydrogen-bond donors (Lipinski definition) is 2. The number of hydrogen-bond acceptors (Lipinski definition) is 16. The Labute approximate surface area is 465 Å². The number of β-lactam (4-membered cyclic amide) rings is 1. The number of amides is 2. The van der Waals surface area contributed by atoms with Crippen LogP contribution in [0.3, 0.4) is 0 Å². The highest BCUT2D eigenvalue weighted by Crippen LogP contribution is 2.46. The zero-order chi connectivity index (χ0) is 55.1. The number of fused-ring (bicyclic) bond motifs is 4. The lowest BCUT2D eigenvalue weighted by Crippen LogP contribution is -2.74. The monoisotopic (exact) mass is 1120 g/mol. The molecule has 4 fully saturated rings. The quantitative estimate of drug-likeness (QED) is 0.0207. The molecule has 2 bridgehead atoms. The Morgan fingerprint density at radius 2 is 1.44 bits per heavy atom. The van der Waals surface area contributed by atoms with Crippen LogP contribution in [-0.2, 0) is 65.9 Å². The van der Waals surface area contributed by atoms with Crippen molar-refractivity contribution in [2.75, 3.05) is 59.8 Å². The van der Waals surface area contributed by atoms with E-state index in [1.165, 1.54) is 30.1 Å². The second-order valence-electron chi connectivity index (χ2n) is 20.2. The Balaban J connectivity index is 0.885. The normalized spacial score (nSPS) is 21.9. The number of oxime groups is 1. The fraction of sp³-hybridized carbons (Fsp3) is 0.404. The Hall–Kier alpha value is -6.84. The molecule has 0 saturated carbocycles. The number of aryl methyl sites for hydroxylation is 1. The smallest absolute Gasteiger partial charge is 0.355 e. The fourth-order valence-corrected chi connectivity index (χ4v) is 12.8. The summed E-state index contributed by atoms with van der Waals surface area (Å²) in [5, 5.41) is 12.1. The molecule has 4 aromatic carbocycles. The number of benzene rings is 4. The number of esters is 1. The number of ketones is 1. The molecule has 0 aliphatic carbocycles. The maximum atomic E-state index is 14.4. The predicted octanol–water partition coefficient (Wildman–Crippen LogP) is 7.19. The largest absolute Gasteiger partial charge is 0.497 e. The minimum Gasteiger partial charge on any atom is -0.497 e. The number of carbonyl (C=O) groups is 4. The maximum absolute atomic E-state index is 14.4. The van der Waals surface area contributed by atoms with Crippen LogP contribution in [0.4, 0.5) is 0 Å². The summed E-state index contributed by atoms with van der Waals surface area (Å²) in [5.41, 5.74) is 4.07. The molecule has 5 aliphatic heterocycles. The van der Waals surface area contributed by atoms with Gasteiger partial charge in [0.05, 0.1) is 67.5 Å². The van der Waals surface area contributed by atoms with Crippen LogP contribution in [0.15, 0.2) is 107 Å². The number of carbonyl (C=O) groups excluding carboxylic acids is 4. The van der Waals surface area contributed by atoms with Crippen molar-refractivity contribution in [3.63, 3.8) is 0 Å². The lowest BCUT2D eigenvalue weighted by molar-refractivity contribution is -0.941. The van der Waals surface area contributed by atoms with Gasteiger partial charge in [-0.3, -0.25) is 23.5 Å². The van der Waals surface area contributed by atoms with Gasteiger partial charge in [0.25, 0.3) is 11.8 Å². The van der Waals surface area contributed by atoms with Gasteiger partial charge < -0.3 is 48.4 Å². The third-order valence-electron chi connectivity index (χ3n) is 15.1. The van der Waals surface area contributed by atoms with E-state index in [4.69, 9.17) is 44.9 Å². The number of thiazole rings is 1. The average molecular weight is 1120 g/mol. The van der Waals surface area contributed by atoms with Crippen LogP contribution in [-0.4, -0.2) is 125 Å². The number of nitrogens with one attached hydrogen (secondary N) is 2. The first-order valence-electron chi connectivity index (χ1n) is 25.7. The van der Waals surface area contributed by atoms with E-state index < -0.39 is 46.1 Å². The number of methoxy groups -OCH3 is 3. The Morgan fingerprint density at radius 3 is 1.99 bits per heavy atom. The number of Topliss-reactive ketones (excluding diaryl/α,β-unsaturated/α-hetero) is 1. The number of quaternary nitrogens is 1. The van der Waals surface area contributed by atoms with Gasteiger partial charge in [0.1, 0.15) is 66.4 Å². The molecular formula is C57H64ClN6O12S2+. The molecule has 21 heteroatoms. The first kappa shape index (κ1) is 55.9. The van der Waals surface area contributed by atoms with Gasteiger partial charge in [-0.1, -0.05) is 59.2 Å². The average Bonchev–Trinajstić information content (AvgIpc) is 3.91. The van der Waals surface area contributed by atoms with Gasteiger partial charge >= 0.3 is 5.97 Å². The van der Waals surface area contributed by atoms with Crippen LogP contribution in [0, 0.1) is 12.3 Å². The molecule has 4 atom stereocenters. The zero-order valence-electron chi connectivity index (χ0n) is 44.5. The number of nitrogens with zero attached hydrogens (tertiary/aromatic N) is 4. The summed E-state index contributed by atoms with van der Waals surface area (Å²) in [7, 11) is 3.10. The third-order valence-corrected chi connectivity index (χ3v) is 17.9. The number of piperidine rings is 3. The Morgan fingerprint density at radius 1 is 0.859 bits per heavy atom. The van der Waals surface area contributed by atoms with Crippen LogP contribution in [0.1, 0.15) is 66.1 Å². The van der Waals surface area contributed by atoms with Crippen molar-refractivity contribution in [3.05, 3.63) is 140 Å². The van der Waals surface area contributed by atoms with E-state index in [0.29, 0.717) is 62.6 Å². The second kappa shape index (κ2) is 24.4. The molecule has 2 amide bonds. The van der Waals surface area contributed by atoms with Gasteiger partial charge in [0.15, 0.2) is 29.1 Å². The lowest BCUT2D eigenvalue weighted by Gasteiger charge is -2.56. The Bertz CT molecular complexity index is 3090. The van der Waals surface area contributed by atoms with Gasteiger partial charge in [-0.2, -0.15) is 0 Å². The van der Waals surface area contributed by atoms with Crippen molar-refractivity contribution in [1.82, 2.24) is 20.5 Å². The first-order valence-corrected chi connectivity index (χ1v) is 28.3. The second-order valence-corrected chi connectivity index (χ2v) is 23.1. The summed E-state index contributed by atoms with van der Waals surface area (Å²) in [6, 6.07) is 25.0. The van der Waals surface area contributed by atoms with Crippen molar-refractivity contribution < 1.29 is 61.1 Å². The molecule has 6 heterocycles. The van der Waals surface area contributed by atoms with Crippen molar-refractivity contribution in [1.29, 1.82) is 0 Å². The van der Waals surface area contributed by atoms with E-state index in [9.17, 15) is 23.4 Å². The Kier molecular flexibility index (Phi) is 17.5. The summed E-state index contributed by atoms with van der Waals surface area (Å²) in [5.74, 6) is 0.679. The van der Waals surface area contributed by atoms with Gasteiger partial charge in [-0.25, -0.2) is 9.78 Å². The fourth-order valence-electron chi connectivity index (χ4n) is 10.2. The molecule has 2 N–H and O–H groups in total. The van der Waals surface area contributed by atoms with Crippen LogP contribution in [0.2, 0.25) is 5.02 Å². The standard InChI is InChI=1S/C57H63ClN6O12S2/c1-35(65)36(2)76-62-49(46-32-77-37(3)60-46)53(66)61-50-54(67)63-51(56(68)75-31-40-11-18-45(72-6)19-12-40)42(33-78(69)55(50)63)28-64-24-21-57(22-25-64,23-26-64)34-59-27-41-13-20-47(73-29-38-7-14-43(70-4)15-8-38)52(48(41)58)74-30-39-9-16-44(71-5)17-10-39/h7-20,32,36,50,55,59H,21-31,33-34H2,1-6H3/p+1/b62-49-/t36-,50+,55+,57?,64?,78?/m0/s1. The van der Waals surface area contributed by atoms with E-state index >= 15 is 0 Å². The molecule has 4 saturated heterocycles. The molecule has 10 rings (SSSR count). The van der Waals surface area contributed by atoms with Gasteiger partial charge in [-0.15, -0.1) is 11.3 Å². The van der Waals surface area contributed by atoms with E-state index in [1.54, 1.807) is 57.9 Å². The number of halogens is 1. The summed E-state index contributed by atoms with van der Waals surface area (Å²) in [6.07, 6.45) is 1.78. The molecule has 0 radical (unpaired) electrons. The van der Waals surface area contributed by atoms with Crippen molar-refractivity contribution in [2.45, 2.75) is 83.9 Å². The van der Waals surface area contributed by atoms with Gasteiger partial charge in [0, 0.05) is 43.3 Å². The number of rotatable bonds is 24. The minimum absolute atomic E-state index is 0.00379. The SMILES string of the molecule is COc1ccc(COC(=O)C2=C(C[N+]34CCC(CNCc5ccc(OCc6ccc(OC)cc6)c(OCc6ccc(OC)cc6)c5Cl)(CC3)CC4)CS(=O)[C@@H]3[C@H](NC(=O)/C(=N\O[C@@H](C)C(C)=O)c4csc(C)n4)C(=O)N23)cc1. The highest BCUT2D eigenvalue weighted by Gasteiger charge is 2.59. The molecule has 412 valence electrons. The molecular weight excluding hydrogens is 1060 g/mol. The maximum Gasteiger partial charge on any atom is 0.355 e. The summed E-state index contributed by atoms with van der Waals surface area (Å²) in [4.78, 5) is 65.6. The zero-order valence-corrected chi connectivity index (χ0v) is 46.9. The van der Waals surface area contributed by atoms with E-state index in [1.807, 2.05) is 60.7 Å². The molecule has 78 heavy (non-hydrogen) atoms. The van der Waals surface area contributed by atoms with Crippen molar-refractivity contribution in [2.24, 2.45) is 10.6 Å². The lowest BCUT2D eigenvalue weighted by atomic mass is 9.70. The van der Waals surface area contributed by atoms with Crippen LogP contribution < -0.4 is 34.3 Å². The summed E-state index contributed by atoms with van der Waals surface area (Å²) in [6.45, 7) is 9.17. The van der Waals surface area contributed by atoms with Crippen molar-refractivity contribution >= 4 is 63.0 Å². The van der Waals surface area contributed by atoms with Gasteiger partial charge in [-0.05, 0) is 90.9 Å². The molecule has 5 aliphatic rings. The highest BCUT2D eigenvalue weighted by molar-refractivity contribution is 7.86.